The summed E-state index contributed by atoms with van der Waals surface area (Å²) in [6.45, 7) is 1.44. The van der Waals surface area contributed by atoms with Gasteiger partial charge in [0.2, 0.25) is 5.91 Å². The molecule has 1 aliphatic rings. The maximum atomic E-state index is 11.4. The van der Waals surface area contributed by atoms with Crippen molar-refractivity contribution in [3.8, 4) is 0 Å². The van der Waals surface area contributed by atoms with Crippen molar-refractivity contribution in [2.75, 3.05) is 13.6 Å². The fraction of sp³-hybridized carbons (Fsp3) is 0.583. The van der Waals surface area contributed by atoms with Gasteiger partial charge >= 0.3 is 0 Å². The number of carbonyl (C=O) groups excluding carboxylic acids is 1. The van der Waals surface area contributed by atoms with E-state index in [1.54, 1.807) is 0 Å². The first kappa shape index (κ1) is 11.6. The van der Waals surface area contributed by atoms with E-state index >= 15 is 0 Å². The molecule has 0 aliphatic heterocycles. The number of fused-ring (bicyclic) bond motifs is 1. The first-order valence-electron chi connectivity index (χ1n) is 5.81. The maximum Gasteiger partial charge on any atom is 0.221 e. The molecule has 0 fully saturated rings. The minimum absolute atomic E-state index is 0.128. The number of carbonyl (C=O) groups is 1. The second-order valence-electron chi connectivity index (χ2n) is 4.14. The second-order valence-corrected chi connectivity index (χ2v) is 5.37. The molecule has 0 radical (unpaired) electrons. The van der Waals surface area contributed by atoms with Gasteiger partial charge in [0.15, 0.2) is 0 Å². The van der Waals surface area contributed by atoms with Gasteiger partial charge in [-0.25, -0.2) is 0 Å². The molecule has 1 aliphatic carbocycles. The van der Waals surface area contributed by atoms with E-state index in [1.807, 2.05) is 18.4 Å². The quantitative estimate of drug-likeness (QED) is 0.815. The molecule has 1 heterocycles. The highest BCUT2D eigenvalue weighted by atomic mass is 32.1. The summed E-state index contributed by atoms with van der Waals surface area (Å²) in [5, 5.41) is 5.92. The summed E-state index contributed by atoms with van der Waals surface area (Å²) in [7, 11) is 1.86. The van der Waals surface area contributed by atoms with E-state index in [0.717, 1.165) is 6.54 Å². The van der Waals surface area contributed by atoms with Crippen LogP contribution in [0.1, 0.15) is 28.2 Å². The molecule has 1 amide bonds. The average Bonchev–Trinajstić information content (AvgIpc) is 2.83. The molecule has 2 N–H and O–H groups in total. The monoisotopic (exact) mass is 238 g/mol. The van der Waals surface area contributed by atoms with Crippen LogP contribution in [0.25, 0.3) is 0 Å². The van der Waals surface area contributed by atoms with Crippen LogP contribution in [-0.2, 0) is 24.2 Å². The normalized spacial score (nSPS) is 13.8. The van der Waals surface area contributed by atoms with Gasteiger partial charge in [0, 0.05) is 22.7 Å². The first-order valence-corrected chi connectivity index (χ1v) is 6.63. The van der Waals surface area contributed by atoms with E-state index in [4.69, 9.17) is 0 Å². The highest BCUT2D eigenvalue weighted by molar-refractivity contribution is 7.12. The van der Waals surface area contributed by atoms with Gasteiger partial charge < -0.3 is 10.6 Å². The number of thiophene rings is 1. The zero-order valence-corrected chi connectivity index (χ0v) is 10.5. The molecule has 88 valence electrons. The Balaban J connectivity index is 1.79. The van der Waals surface area contributed by atoms with Crippen LogP contribution in [0.4, 0.5) is 0 Å². The van der Waals surface area contributed by atoms with Crippen LogP contribution in [-0.4, -0.2) is 19.5 Å². The summed E-state index contributed by atoms with van der Waals surface area (Å²) >= 11 is 1.86. The van der Waals surface area contributed by atoms with Crippen LogP contribution >= 0.6 is 11.3 Å². The van der Waals surface area contributed by atoms with Crippen molar-refractivity contribution in [3.63, 3.8) is 0 Å². The zero-order chi connectivity index (χ0) is 11.4. The summed E-state index contributed by atoms with van der Waals surface area (Å²) in [5.74, 6) is 0.128. The molecule has 1 aromatic heterocycles. The van der Waals surface area contributed by atoms with Crippen LogP contribution in [0.2, 0.25) is 0 Å². The van der Waals surface area contributed by atoms with E-state index in [2.05, 4.69) is 16.7 Å². The molecule has 0 bridgehead atoms. The number of hydrogen-bond acceptors (Lipinski definition) is 3. The molecular weight excluding hydrogens is 220 g/mol. The SMILES string of the molecule is CNCCC(=O)NCc1cc2c(s1)CCC2. The topological polar surface area (TPSA) is 41.1 Å². The average molecular weight is 238 g/mol. The van der Waals surface area contributed by atoms with Gasteiger partial charge in [0.1, 0.15) is 0 Å². The Morgan fingerprint density at radius 3 is 3.12 bits per heavy atom. The van der Waals surface area contributed by atoms with Gasteiger partial charge in [-0.3, -0.25) is 4.79 Å². The summed E-state index contributed by atoms with van der Waals surface area (Å²) in [6, 6.07) is 2.26. The number of amides is 1. The van der Waals surface area contributed by atoms with Gasteiger partial charge in [-0.2, -0.15) is 0 Å². The van der Waals surface area contributed by atoms with Crippen molar-refractivity contribution in [2.45, 2.75) is 32.2 Å². The van der Waals surface area contributed by atoms with E-state index in [9.17, 15) is 4.79 Å². The van der Waals surface area contributed by atoms with Gasteiger partial charge in [-0.05, 0) is 37.9 Å². The Labute approximate surface area is 100 Å². The van der Waals surface area contributed by atoms with Crippen LogP contribution in [0.15, 0.2) is 6.07 Å². The molecule has 2 rings (SSSR count). The van der Waals surface area contributed by atoms with E-state index < -0.39 is 0 Å². The lowest BCUT2D eigenvalue weighted by atomic mass is 10.2. The lowest BCUT2D eigenvalue weighted by Gasteiger charge is -2.02. The molecule has 0 saturated carbocycles. The van der Waals surface area contributed by atoms with Gasteiger partial charge in [-0.1, -0.05) is 0 Å². The molecular formula is C12H18N2OS. The molecule has 0 saturated heterocycles. The zero-order valence-electron chi connectivity index (χ0n) is 9.64. The summed E-state index contributed by atoms with van der Waals surface area (Å²) in [5.41, 5.74) is 1.50. The fourth-order valence-corrected chi connectivity index (χ4v) is 3.19. The van der Waals surface area contributed by atoms with Crippen molar-refractivity contribution in [1.29, 1.82) is 0 Å². The number of hydrogen-bond donors (Lipinski definition) is 2. The van der Waals surface area contributed by atoms with Crippen molar-refractivity contribution < 1.29 is 4.79 Å². The maximum absolute atomic E-state index is 11.4. The molecule has 0 aromatic carbocycles. The Hall–Kier alpha value is -0.870. The third-order valence-corrected chi connectivity index (χ3v) is 4.10. The number of nitrogens with one attached hydrogen (secondary N) is 2. The van der Waals surface area contributed by atoms with Gasteiger partial charge in [-0.15, -0.1) is 11.3 Å². The smallest absolute Gasteiger partial charge is 0.221 e. The van der Waals surface area contributed by atoms with E-state index in [1.165, 1.54) is 34.6 Å². The number of rotatable bonds is 5. The Morgan fingerprint density at radius 1 is 1.50 bits per heavy atom. The standard InChI is InChI=1S/C12H18N2OS/c1-13-6-5-12(15)14-8-10-7-9-3-2-4-11(9)16-10/h7,13H,2-6,8H2,1H3,(H,14,15). The van der Waals surface area contributed by atoms with Gasteiger partial charge in [0.05, 0.1) is 6.54 Å². The molecule has 16 heavy (non-hydrogen) atoms. The van der Waals surface area contributed by atoms with Crippen LogP contribution < -0.4 is 10.6 Å². The van der Waals surface area contributed by atoms with Crippen molar-refractivity contribution in [1.82, 2.24) is 10.6 Å². The third kappa shape index (κ3) is 2.83. The van der Waals surface area contributed by atoms with Crippen LogP contribution in [0.3, 0.4) is 0 Å². The minimum atomic E-state index is 0.128. The Kier molecular flexibility index (Phi) is 3.96. The lowest BCUT2D eigenvalue weighted by Crippen LogP contribution is -2.25. The number of aryl methyl sites for hydroxylation is 2. The Morgan fingerprint density at radius 2 is 2.38 bits per heavy atom. The first-order chi connectivity index (χ1) is 7.79. The van der Waals surface area contributed by atoms with Crippen molar-refractivity contribution in [2.24, 2.45) is 0 Å². The summed E-state index contributed by atoms with van der Waals surface area (Å²) in [4.78, 5) is 14.2. The summed E-state index contributed by atoms with van der Waals surface area (Å²) < 4.78 is 0. The molecule has 0 spiro atoms. The molecule has 1 aromatic rings. The summed E-state index contributed by atoms with van der Waals surface area (Å²) in [6.07, 6.45) is 4.31. The minimum Gasteiger partial charge on any atom is -0.351 e. The predicted octanol–water partition coefficient (Wildman–Crippen LogP) is 1.46. The van der Waals surface area contributed by atoms with Crippen LogP contribution in [0.5, 0.6) is 0 Å². The Bertz CT molecular complexity index is 352. The second kappa shape index (κ2) is 5.46. The van der Waals surface area contributed by atoms with E-state index in [-0.39, 0.29) is 5.91 Å². The fourth-order valence-electron chi connectivity index (χ4n) is 1.99. The molecule has 0 unspecified atom stereocenters. The van der Waals surface area contributed by atoms with Crippen molar-refractivity contribution >= 4 is 17.2 Å². The van der Waals surface area contributed by atoms with Crippen molar-refractivity contribution in [3.05, 3.63) is 21.4 Å². The molecule has 3 nitrogen and oxygen atoms in total. The van der Waals surface area contributed by atoms with Gasteiger partial charge in [0.25, 0.3) is 0 Å². The third-order valence-electron chi connectivity index (χ3n) is 2.86. The highest BCUT2D eigenvalue weighted by Crippen LogP contribution is 2.30. The lowest BCUT2D eigenvalue weighted by molar-refractivity contribution is -0.121. The molecule has 4 heteroatoms. The predicted molar refractivity (Wildman–Crippen MR) is 66.7 cm³/mol. The highest BCUT2D eigenvalue weighted by Gasteiger charge is 2.14. The largest absolute Gasteiger partial charge is 0.351 e. The molecule has 0 atom stereocenters. The van der Waals surface area contributed by atoms with E-state index in [0.29, 0.717) is 13.0 Å². The van der Waals surface area contributed by atoms with Crippen LogP contribution in [0, 0.1) is 0 Å².